The molecule has 2 atom stereocenters. The fourth-order valence-corrected chi connectivity index (χ4v) is 2.34. The highest BCUT2D eigenvalue weighted by Crippen LogP contribution is 2.25. The summed E-state index contributed by atoms with van der Waals surface area (Å²) in [5, 5.41) is 7.81. The molecule has 1 saturated heterocycles. The molecular weight excluding hydrogens is 174 g/mol. The van der Waals surface area contributed by atoms with Gasteiger partial charge in [0.15, 0.2) is 0 Å². The van der Waals surface area contributed by atoms with Gasteiger partial charge in [-0.1, -0.05) is 6.92 Å². The van der Waals surface area contributed by atoms with Gasteiger partial charge in [0.05, 0.1) is 0 Å². The molecule has 0 saturated carbocycles. The zero-order valence-corrected chi connectivity index (χ0v) is 9.03. The Hall–Kier alpha value is -0.830. The molecule has 14 heavy (non-hydrogen) atoms. The van der Waals surface area contributed by atoms with Gasteiger partial charge in [-0.05, 0) is 31.9 Å². The highest BCUT2D eigenvalue weighted by molar-refractivity contribution is 5.10. The van der Waals surface area contributed by atoms with Gasteiger partial charge in [0.1, 0.15) is 0 Å². The van der Waals surface area contributed by atoms with Crippen molar-refractivity contribution in [3.63, 3.8) is 0 Å². The van der Waals surface area contributed by atoms with Crippen LogP contribution in [-0.2, 0) is 6.54 Å². The first kappa shape index (κ1) is 9.71. The highest BCUT2D eigenvalue weighted by atomic mass is 15.3. The average molecular weight is 193 g/mol. The Morgan fingerprint density at radius 3 is 3.14 bits per heavy atom. The van der Waals surface area contributed by atoms with E-state index in [1.165, 1.54) is 12.1 Å². The van der Waals surface area contributed by atoms with E-state index in [1.807, 2.05) is 6.20 Å². The fourth-order valence-electron chi connectivity index (χ4n) is 2.34. The zero-order chi connectivity index (χ0) is 9.97. The molecule has 0 aliphatic carbocycles. The van der Waals surface area contributed by atoms with Crippen molar-refractivity contribution >= 4 is 0 Å². The van der Waals surface area contributed by atoms with Gasteiger partial charge in [-0.3, -0.25) is 4.68 Å². The number of nitrogens with zero attached hydrogens (tertiary/aromatic N) is 2. The molecule has 0 spiro atoms. The number of aryl methyl sites for hydroxylation is 1. The molecule has 0 amide bonds. The lowest BCUT2D eigenvalue weighted by Gasteiger charge is -2.28. The molecule has 0 radical (unpaired) electrons. The van der Waals surface area contributed by atoms with Crippen LogP contribution < -0.4 is 5.32 Å². The van der Waals surface area contributed by atoms with Gasteiger partial charge in [0.25, 0.3) is 0 Å². The topological polar surface area (TPSA) is 29.9 Å². The Labute approximate surface area is 85.5 Å². The summed E-state index contributed by atoms with van der Waals surface area (Å²) >= 11 is 0. The molecule has 3 nitrogen and oxygen atoms in total. The number of piperidine rings is 1. The molecule has 1 aliphatic rings. The molecule has 1 aromatic rings. The third-order valence-electron chi connectivity index (χ3n) is 3.04. The Morgan fingerprint density at radius 1 is 1.57 bits per heavy atom. The predicted molar refractivity (Wildman–Crippen MR) is 57.3 cm³/mol. The first-order valence-electron chi connectivity index (χ1n) is 5.53. The van der Waals surface area contributed by atoms with E-state index in [-0.39, 0.29) is 0 Å². The fraction of sp³-hybridized carbons (Fsp3) is 0.727. The van der Waals surface area contributed by atoms with E-state index in [1.54, 1.807) is 0 Å². The molecule has 2 heterocycles. The van der Waals surface area contributed by atoms with E-state index in [0.717, 1.165) is 25.6 Å². The van der Waals surface area contributed by atoms with E-state index in [0.29, 0.717) is 5.92 Å². The summed E-state index contributed by atoms with van der Waals surface area (Å²) in [5.74, 6) is 1.44. The number of nitrogens with one attached hydrogen (secondary N) is 1. The van der Waals surface area contributed by atoms with Crippen LogP contribution in [0.15, 0.2) is 12.3 Å². The lowest BCUT2D eigenvalue weighted by Crippen LogP contribution is -2.34. The minimum atomic E-state index is 0.654. The van der Waals surface area contributed by atoms with Crippen LogP contribution in [0.2, 0.25) is 0 Å². The molecule has 1 aliphatic heterocycles. The normalized spacial score (nSPS) is 27.9. The van der Waals surface area contributed by atoms with Crippen molar-refractivity contribution in [2.45, 2.75) is 32.7 Å². The minimum Gasteiger partial charge on any atom is -0.316 e. The Bertz CT molecular complexity index is 292. The lowest BCUT2D eigenvalue weighted by molar-refractivity contribution is 0.350. The van der Waals surface area contributed by atoms with Crippen LogP contribution in [0.4, 0.5) is 0 Å². The monoisotopic (exact) mass is 193 g/mol. The average Bonchev–Trinajstić information content (AvgIpc) is 2.65. The number of hydrogen-bond donors (Lipinski definition) is 1. The van der Waals surface area contributed by atoms with Crippen LogP contribution in [-0.4, -0.2) is 22.9 Å². The smallest absolute Gasteiger partial charge is 0.0492 e. The second-order valence-corrected chi connectivity index (χ2v) is 4.27. The highest BCUT2D eigenvalue weighted by Gasteiger charge is 2.22. The maximum absolute atomic E-state index is 4.32. The summed E-state index contributed by atoms with van der Waals surface area (Å²) in [6.07, 6.45) is 3.21. The molecule has 3 heteroatoms. The summed E-state index contributed by atoms with van der Waals surface area (Å²) in [6.45, 7) is 7.71. The second-order valence-electron chi connectivity index (χ2n) is 4.27. The Balaban J connectivity index is 2.13. The van der Waals surface area contributed by atoms with E-state index < -0.39 is 0 Å². The molecule has 1 N–H and O–H groups in total. The summed E-state index contributed by atoms with van der Waals surface area (Å²) in [4.78, 5) is 0. The third kappa shape index (κ3) is 1.82. The maximum Gasteiger partial charge on any atom is 0.0492 e. The minimum absolute atomic E-state index is 0.654. The Morgan fingerprint density at radius 2 is 2.43 bits per heavy atom. The molecule has 78 valence electrons. The van der Waals surface area contributed by atoms with Gasteiger partial charge in [-0.25, -0.2) is 0 Å². The number of aromatic nitrogens is 2. The van der Waals surface area contributed by atoms with Crippen LogP contribution >= 0.6 is 0 Å². The zero-order valence-electron chi connectivity index (χ0n) is 9.03. The van der Waals surface area contributed by atoms with Gasteiger partial charge in [0.2, 0.25) is 0 Å². The van der Waals surface area contributed by atoms with Crippen LogP contribution in [0.1, 0.15) is 31.9 Å². The molecule has 1 aromatic heterocycles. The SMILES string of the molecule is CCn1nccc1C1CNCC(C)C1. The molecule has 0 bridgehead atoms. The van der Waals surface area contributed by atoms with Gasteiger partial charge in [0, 0.05) is 30.9 Å². The van der Waals surface area contributed by atoms with Crippen molar-refractivity contribution in [1.82, 2.24) is 15.1 Å². The molecule has 2 rings (SSSR count). The van der Waals surface area contributed by atoms with Gasteiger partial charge >= 0.3 is 0 Å². The van der Waals surface area contributed by atoms with E-state index in [4.69, 9.17) is 0 Å². The van der Waals surface area contributed by atoms with E-state index >= 15 is 0 Å². The van der Waals surface area contributed by atoms with Crippen molar-refractivity contribution < 1.29 is 0 Å². The number of hydrogen-bond acceptors (Lipinski definition) is 2. The van der Waals surface area contributed by atoms with Crippen molar-refractivity contribution in [3.05, 3.63) is 18.0 Å². The second kappa shape index (κ2) is 4.13. The maximum atomic E-state index is 4.32. The van der Waals surface area contributed by atoms with Crippen molar-refractivity contribution in [3.8, 4) is 0 Å². The summed E-state index contributed by atoms with van der Waals surface area (Å²) in [7, 11) is 0. The van der Waals surface area contributed by atoms with Crippen molar-refractivity contribution in [2.75, 3.05) is 13.1 Å². The first-order valence-corrected chi connectivity index (χ1v) is 5.53. The van der Waals surface area contributed by atoms with Gasteiger partial charge < -0.3 is 5.32 Å². The molecular formula is C11H19N3. The third-order valence-corrected chi connectivity index (χ3v) is 3.04. The molecule has 2 unspecified atom stereocenters. The number of rotatable bonds is 2. The van der Waals surface area contributed by atoms with Crippen LogP contribution in [0.5, 0.6) is 0 Å². The van der Waals surface area contributed by atoms with Gasteiger partial charge in [-0.2, -0.15) is 5.10 Å². The Kier molecular flexibility index (Phi) is 2.87. The predicted octanol–water partition coefficient (Wildman–Crippen LogP) is 1.62. The van der Waals surface area contributed by atoms with Crippen molar-refractivity contribution in [1.29, 1.82) is 0 Å². The summed E-state index contributed by atoms with van der Waals surface area (Å²) in [5.41, 5.74) is 1.39. The van der Waals surface area contributed by atoms with Crippen LogP contribution in [0.25, 0.3) is 0 Å². The molecule has 0 aromatic carbocycles. The van der Waals surface area contributed by atoms with Gasteiger partial charge in [-0.15, -0.1) is 0 Å². The summed E-state index contributed by atoms with van der Waals surface area (Å²) in [6, 6.07) is 2.16. The van der Waals surface area contributed by atoms with Crippen molar-refractivity contribution in [2.24, 2.45) is 5.92 Å². The molecule has 1 fully saturated rings. The lowest BCUT2D eigenvalue weighted by atomic mass is 9.89. The van der Waals surface area contributed by atoms with E-state index in [9.17, 15) is 0 Å². The largest absolute Gasteiger partial charge is 0.316 e. The van der Waals surface area contributed by atoms with Crippen LogP contribution in [0.3, 0.4) is 0 Å². The summed E-state index contributed by atoms with van der Waals surface area (Å²) < 4.78 is 2.12. The van der Waals surface area contributed by atoms with E-state index in [2.05, 4.69) is 35.0 Å². The van der Waals surface area contributed by atoms with Crippen LogP contribution in [0, 0.1) is 5.92 Å². The standard InChI is InChI=1S/C11H19N3/c1-3-14-11(4-5-13-14)10-6-9(2)7-12-8-10/h4-5,9-10,12H,3,6-8H2,1-2H3. The first-order chi connectivity index (χ1) is 6.81. The quantitative estimate of drug-likeness (QED) is 0.773.